The van der Waals surface area contributed by atoms with Crippen molar-refractivity contribution >= 4 is 5.91 Å². The number of aliphatic hydroxyl groups is 2. The second-order valence-corrected chi connectivity index (χ2v) is 13.0. The molecule has 0 spiro atoms. The van der Waals surface area contributed by atoms with Gasteiger partial charge in [0.1, 0.15) is 0 Å². The molecular weight excluding hydrogens is 542 g/mol. The molecule has 0 saturated carbocycles. The van der Waals surface area contributed by atoms with Crippen molar-refractivity contribution in [3.05, 3.63) is 36.5 Å². The molecule has 4 nitrogen and oxygen atoms in total. The fourth-order valence-corrected chi connectivity index (χ4v) is 5.60. The summed E-state index contributed by atoms with van der Waals surface area (Å²) in [5.74, 6) is -0.0772. The third-order valence-electron chi connectivity index (χ3n) is 8.60. The number of carbonyl (C=O) groups excluding carboxylic acids is 1. The molecule has 0 unspecified atom stereocenters. The molecular formula is C40H75NO3. The first-order valence-electron chi connectivity index (χ1n) is 19.2. The second kappa shape index (κ2) is 36.1. The van der Waals surface area contributed by atoms with Crippen molar-refractivity contribution in [2.45, 2.75) is 206 Å². The number of rotatable bonds is 34. The molecule has 0 aromatic rings. The minimum atomic E-state index is -0.858. The Labute approximate surface area is 274 Å². The van der Waals surface area contributed by atoms with Crippen LogP contribution in [0.15, 0.2) is 36.5 Å². The molecule has 1 amide bonds. The molecule has 0 bridgehead atoms. The Kier molecular flexibility index (Phi) is 34.9. The second-order valence-electron chi connectivity index (χ2n) is 13.0. The van der Waals surface area contributed by atoms with Crippen LogP contribution in [0.5, 0.6) is 0 Å². The smallest absolute Gasteiger partial charge is 0.220 e. The highest BCUT2D eigenvalue weighted by Gasteiger charge is 2.17. The number of carbonyl (C=O) groups is 1. The number of hydrogen-bond acceptors (Lipinski definition) is 3. The Morgan fingerprint density at radius 2 is 0.886 bits per heavy atom. The van der Waals surface area contributed by atoms with Crippen LogP contribution >= 0.6 is 0 Å². The largest absolute Gasteiger partial charge is 0.394 e. The minimum Gasteiger partial charge on any atom is -0.394 e. The number of hydrogen-bond donors (Lipinski definition) is 3. The van der Waals surface area contributed by atoms with Gasteiger partial charge in [0.2, 0.25) is 5.91 Å². The zero-order valence-electron chi connectivity index (χ0n) is 29.4. The predicted molar refractivity (Wildman–Crippen MR) is 193 cm³/mol. The van der Waals surface area contributed by atoms with Gasteiger partial charge < -0.3 is 15.5 Å². The van der Waals surface area contributed by atoms with Crippen LogP contribution in [0.4, 0.5) is 0 Å². The Hall–Kier alpha value is -1.39. The zero-order chi connectivity index (χ0) is 32.2. The maximum atomic E-state index is 12.3. The molecule has 3 N–H and O–H groups in total. The molecule has 0 radical (unpaired) electrons. The number of nitrogens with one attached hydrogen (secondary N) is 1. The first kappa shape index (κ1) is 42.6. The number of aliphatic hydroxyl groups excluding tert-OH is 2. The molecule has 44 heavy (non-hydrogen) atoms. The van der Waals surface area contributed by atoms with E-state index in [0.717, 1.165) is 32.1 Å². The van der Waals surface area contributed by atoms with E-state index in [1.807, 2.05) is 6.08 Å². The van der Waals surface area contributed by atoms with E-state index in [1.165, 1.54) is 141 Å². The lowest BCUT2D eigenvalue weighted by Crippen LogP contribution is -2.45. The summed E-state index contributed by atoms with van der Waals surface area (Å²) in [6.45, 7) is 4.26. The van der Waals surface area contributed by atoms with E-state index in [0.29, 0.717) is 6.42 Å². The first-order valence-corrected chi connectivity index (χ1v) is 19.2. The molecule has 2 atom stereocenters. The first-order chi connectivity index (χ1) is 21.7. The van der Waals surface area contributed by atoms with Crippen molar-refractivity contribution in [3.63, 3.8) is 0 Å². The van der Waals surface area contributed by atoms with Gasteiger partial charge in [0, 0.05) is 6.42 Å². The molecule has 4 heteroatoms. The number of unbranched alkanes of at least 4 members (excludes halogenated alkanes) is 23. The normalized spacial score (nSPS) is 13.5. The summed E-state index contributed by atoms with van der Waals surface area (Å²) in [6, 6.07) is -0.635. The van der Waals surface area contributed by atoms with E-state index in [1.54, 1.807) is 6.08 Å². The molecule has 258 valence electrons. The molecule has 0 aliphatic heterocycles. The monoisotopic (exact) mass is 618 g/mol. The van der Waals surface area contributed by atoms with E-state index < -0.39 is 12.1 Å². The summed E-state index contributed by atoms with van der Waals surface area (Å²) in [6.07, 6.45) is 46.7. The summed E-state index contributed by atoms with van der Waals surface area (Å²) in [7, 11) is 0. The van der Waals surface area contributed by atoms with Crippen molar-refractivity contribution in [1.29, 1.82) is 0 Å². The van der Waals surface area contributed by atoms with Gasteiger partial charge in [-0.1, -0.05) is 166 Å². The van der Waals surface area contributed by atoms with E-state index in [-0.39, 0.29) is 12.5 Å². The Balaban J connectivity index is 3.58. The van der Waals surface area contributed by atoms with Crippen LogP contribution in [0.3, 0.4) is 0 Å². The van der Waals surface area contributed by atoms with E-state index >= 15 is 0 Å². The van der Waals surface area contributed by atoms with Gasteiger partial charge in [0.05, 0.1) is 18.8 Å². The summed E-state index contributed by atoms with van der Waals surface area (Å²) < 4.78 is 0. The van der Waals surface area contributed by atoms with Gasteiger partial charge in [-0.3, -0.25) is 4.79 Å². The highest BCUT2D eigenvalue weighted by atomic mass is 16.3. The quantitative estimate of drug-likeness (QED) is 0.0497. The summed E-state index contributed by atoms with van der Waals surface area (Å²) >= 11 is 0. The third-order valence-corrected chi connectivity index (χ3v) is 8.60. The lowest BCUT2D eigenvalue weighted by Gasteiger charge is -2.19. The lowest BCUT2D eigenvalue weighted by molar-refractivity contribution is -0.123. The van der Waals surface area contributed by atoms with Crippen LogP contribution < -0.4 is 5.32 Å². The van der Waals surface area contributed by atoms with E-state index in [9.17, 15) is 15.0 Å². The van der Waals surface area contributed by atoms with Gasteiger partial charge in [0.25, 0.3) is 0 Å². The minimum absolute atomic E-state index is 0.0772. The molecule has 0 heterocycles. The maximum absolute atomic E-state index is 12.3. The average molecular weight is 618 g/mol. The van der Waals surface area contributed by atoms with Gasteiger partial charge in [-0.05, 0) is 57.8 Å². The Morgan fingerprint density at radius 3 is 1.32 bits per heavy atom. The highest BCUT2D eigenvalue weighted by molar-refractivity contribution is 5.76. The van der Waals surface area contributed by atoms with Crippen LogP contribution in [0.1, 0.15) is 194 Å². The maximum Gasteiger partial charge on any atom is 0.220 e. The van der Waals surface area contributed by atoms with E-state index in [4.69, 9.17) is 0 Å². The van der Waals surface area contributed by atoms with Crippen molar-refractivity contribution < 1.29 is 15.0 Å². The number of allylic oxidation sites excluding steroid dienone is 5. The van der Waals surface area contributed by atoms with E-state index in [2.05, 4.69) is 43.5 Å². The average Bonchev–Trinajstić information content (AvgIpc) is 3.03. The van der Waals surface area contributed by atoms with Gasteiger partial charge in [-0.25, -0.2) is 0 Å². The number of amides is 1. The van der Waals surface area contributed by atoms with Crippen molar-refractivity contribution in [1.82, 2.24) is 5.32 Å². The van der Waals surface area contributed by atoms with Crippen molar-refractivity contribution in [2.24, 2.45) is 0 Å². The summed E-state index contributed by atoms with van der Waals surface area (Å²) in [4.78, 5) is 12.3. The lowest BCUT2D eigenvalue weighted by atomic mass is 10.0. The highest BCUT2D eigenvalue weighted by Crippen LogP contribution is 2.14. The van der Waals surface area contributed by atoms with Crippen molar-refractivity contribution in [2.75, 3.05) is 6.61 Å². The van der Waals surface area contributed by atoms with Gasteiger partial charge in [-0.2, -0.15) is 0 Å². The molecule has 0 saturated heterocycles. The Bertz CT molecular complexity index is 672. The fourth-order valence-electron chi connectivity index (χ4n) is 5.60. The van der Waals surface area contributed by atoms with Crippen LogP contribution in [0.25, 0.3) is 0 Å². The van der Waals surface area contributed by atoms with Gasteiger partial charge in [-0.15, -0.1) is 0 Å². The van der Waals surface area contributed by atoms with Gasteiger partial charge >= 0.3 is 0 Å². The molecule has 0 aromatic carbocycles. The molecule has 0 fully saturated rings. The molecule has 0 aliphatic carbocycles. The molecule has 0 rings (SSSR count). The SMILES string of the molecule is CCCCCCC/C=C/CC/C=C/[C@@H](O)[C@H](CO)NC(=O)CCCCCCCCCCCCC/C=C/CCCCCCCC. The fraction of sp³-hybridized carbons (Fsp3) is 0.825. The third kappa shape index (κ3) is 32.0. The summed E-state index contributed by atoms with van der Waals surface area (Å²) in [5.41, 5.74) is 0. The standard InChI is InChI=1S/C40H75NO3/c1-3-5-7-9-11-13-15-16-17-18-19-20-21-22-23-24-26-28-30-32-34-36-40(44)41-38(37-42)39(43)35-33-31-29-27-25-14-12-10-8-6-4-2/h16-17,25,27,33,35,38-39,42-43H,3-15,18-24,26,28-32,34,36-37H2,1-2H3,(H,41,44)/b17-16+,27-25+,35-33+/t38-,39+/m0/s1. The van der Waals surface area contributed by atoms with Crippen LogP contribution in [-0.2, 0) is 4.79 Å². The van der Waals surface area contributed by atoms with Gasteiger partial charge in [0.15, 0.2) is 0 Å². The molecule has 0 aliphatic rings. The summed E-state index contributed by atoms with van der Waals surface area (Å²) in [5, 5.41) is 22.8. The van der Waals surface area contributed by atoms with Crippen molar-refractivity contribution in [3.8, 4) is 0 Å². The Morgan fingerprint density at radius 1 is 0.523 bits per heavy atom. The van der Waals surface area contributed by atoms with Crippen LogP contribution in [0.2, 0.25) is 0 Å². The topological polar surface area (TPSA) is 69.6 Å². The zero-order valence-corrected chi connectivity index (χ0v) is 29.4. The van der Waals surface area contributed by atoms with Crippen LogP contribution in [-0.4, -0.2) is 34.9 Å². The molecule has 0 aromatic heterocycles. The van der Waals surface area contributed by atoms with Crippen LogP contribution in [0, 0.1) is 0 Å². The predicted octanol–water partition coefficient (Wildman–Crippen LogP) is 11.5.